The van der Waals surface area contributed by atoms with Crippen LogP contribution in [0.3, 0.4) is 0 Å². The highest BCUT2D eigenvalue weighted by atomic mass is 15.3. The molecule has 0 amide bonds. The fourth-order valence-electron chi connectivity index (χ4n) is 3.40. The van der Waals surface area contributed by atoms with Crippen LogP contribution in [0.1, 0.15) is 77.5 Å². The predicted molar refractivity (Wildman–Crippen MR) is 84.7 cm³/mol. The van der Waals surface area contributed by atoms with Gasteiger partial charge in [-0.1, -0.05) is 33.1 Å². The average molecular weight is 277 g/mol. The molecule has 0 radical (unpaired) electrons. The molecule has 1 aliphatic rings. The molecule has 1 aliphatic carbocycles. The zero-order valence-electron chi connectivity index (χ0n) is 13.4. The molecule has 0 bridgehead atoms. The van der Waals surface area contributed by atoms with Crippen molar-refractivity contribution in [2.45, 2.75) is 84.3 Å². The SMILES string of the molecule is CCC(CC)n1ccc(CNC(C)C2CCCCC2)n1. The molecule has 3 nitrogen and oxygen atoms in total. The Balaban J connectivity index is 1.81. The predicted octanol–water partition coefficient (Wildman–Crippen LogP) is 4.30. The smallest absolute Gasteiger partial charge is 0.0762 e. The highest BCUT2D eigenvalue weighted by molar-refractivity contribution is 5.00. The standard InChI is InChI=1S/C17H31N3/c1-4-17(5-2)20-12-11-16(19-20)13-18-14(3)15-9-7-6-8-10-15/h11-12,14-15,17-18H,4-10,13H2,1-3H3. The fourth-order valence-corrected chi connectivity index (χ4v) is 3.40. The van der Waals surface area contributed by atoms with E-state index in [1.165, 1.54) is 37.8 Å². The fraction of sp³-hybridized carbons (Fsp3) is 0.824. The molecule has 0 saturated heterocycles. The molecule has 20 heavy (non-hydrogen) atoms. The van der Waals surface area contributed by atoms with Crippen molar-refractivity contribution in [3.05, 3.63) is 18.0 Å². The summed E-state index contributed by atoms with van der Waals surface area (Å²) in [6, 6.07) is 3.34. The van der Waals surface area contributed by atoms with Crippen molar-refractivity contribution in [1.29, 1.82) is 0 Å². The van der Waals surface area contributed by atoms with E-state index in [2.05, 4.69) is 43.0 Å². The monoisotopic (exact) mass is 277 g/mol. The van der Waals surface area contributed by atoms with E-state index < -0.39 is 0 Å². The van der Waals surface area contributed by atoms with Crippen LogP contribution in [0.4, 0.5) is 0 Å². The third-order valence-corrected chi connectivity index (χ3v) is 4.94. The summed E-state index contributed by atoms with van der Waals surface area (Å²) >= 11 is 0. The van der Waals surface area contributed by atoms with E-state index in [4.69, 9.17) is 5.10 Å². The Bertz CT molecular complexity index is 375. The minimum Gasteiger partial charge on any atom is -0.308 e. The Labute approximate surface area is 124 Å². The Morgan fingerprint density at radius 2 is 1.95 bits per heavy atom. The van der Waals surface area contributed by atoms with Crippen molar-refractivity contribution < 1.29 is 0 Å². The average Bonchev–Trinajstić information content (AvgIpc) is 2.96. The normalized spacial score (nSPS) is 18.6. The summed E-state index contributed by atoms with van der Waals surface area (Å²) in [5, 5.41) is 8.40. The zero-order valence-corrected chi connectivity index (χ0v) is 13.4. The molecule has 1 fully saturated rings. The quantitative estimate of drug-likeness (QED) is 0.805. The summed E-state index contributed by atoms with van der Waals surface area (Å²) in [5.74, 6) is 0.866. The van der Waals surface area contributed by atoms with E-state index >= 15 is 0 Å². The Morgan fingerprint density at radius 3 is 2.60 bits per heavy atom. The lowest BCUT2D eigenvalue weighted by Gasteiger charge is -2.28. The maximum atomic E-state index is 4.72. The summed E-state index contributed by atoms with van der Waals surface area (Å²) in [7, 11) is 0. The molecule has 114 valence electrons. The number of nitrogens with one attached hydrogen (secondary N) is 1. The van der Waals surface area contributed by atoms with Crippen LogP contribution in [0.15, 0.2) is 12.3 Å². The van der Waals surface area contributed by atoms with Gasteiger partial charge in [-0.2, -0.15) is 5.10 Å². The van der Waals surface area contributed by atoms with E-state index in [9.17, 15) is 0 Å². The summed E-state index contributed by atoms with van der Waals surface area (Å²) in [6.07, 6.45) is 11.5. The van der Waals surface area contributed by atoms with E-state index in [0.29, 0.717) is 12.1 Å². The third-order valence-electron chi connectivity index (χ3n) is 4.94. The number of aromatic nitrogens is 2. The van der Waals surface area contributed by atoms with Gasteiger partial charge in [-0.3, -0.25) is 4.68 Å². The first-order valence-electron chi connectivity index (χ1n) is 8.52. The molecule has 3 heteroatoms. The second-order valence-electron chi connectivity index (χ2n) is 6.33. The first kappa shape index (κ1) is 15.6. The summed E-state index contributed by atoms with van der Waals surface area (Å²) in [5.41, 5.74) is 1.18. The van der Waals surface area contributed by atoms with Crippen molar-refractivity contribution in [2.75, 3.05) is 0 Å². The molecule has 2 rings (SSSR count). The van der Waals surface area contributed by atoms with Gasteiger partial charge in [-0.05, 0) is 44.6 Å². The molecule has 0 aromatic carbocycles. The number of nitrogens with zero attached hydrogens (tertiary/aromatic N) is 2. The van der Waals surface area contributed by atoms with Crippen molar-refractivity contribution >= 4 is 0 Å². The van der Waals surface area contributed by atoms with Gasteiger partial charge < -0.3 is 5.32 Å². The maximum absolute atomic E-state index is 4.72. The molecular formula is C17H31N3. The van der Waals surface area contributed by atoms with E-state index in [1.54, 1.807) is 0 Å². The van der Waals surface area contributed by atoms with Crippen molar-refractivity contribution in [2.24, 2.45) is 5.92 Å². The summed E-state index contributed by atoms with van der Waals surface area (Å²) in [4.78, 5) is 0. The second kappa shape index (κ2) is 7.82. The molecule has 0 spiro atoms. The van der Waals surface area contributed by atoms with Crippen LogP contribution in [0, 0.1) is 5.92 Å². The number of hydrogen-bond donors (Lipinski definition) is 1. The first-order chi connectivity index (χ1) is 9.74. The largest absolute Gasteiger partial charge is 0.308 e. The van der Waals surface area contributed by atoms with E-state index in [0.717, 1.165) is 25.3 Å². The van der Waals surface area contributed by atoms with Crippen LogP contribution >= 0.6 is 0 Å². The Hall–Kier alpha value is -0.830. The van der Waals surface area contributed by atoms with Crippen LogP contribution < -0.4 is 5.32 Å². The number of rotatable bonds is 7. The van der Waals surface area contributed by atoms with Crippen LogP contribution in [-0.2, 0) is 6.54 Å². The molecule has 1 N–H and O–H groups in total. The lowest BCUT2D eigenvalue weighted by molar-refractivity contribution is 0.279. The van der Waals surface area contributed by atoms with Crippen LogP contribution in [0.25, 0.3) is 0 Å². The van der Waals surface area contributed by atoms with Crippen molar-refractivity contribution in [3.8, 4) is 0 Å². The zero-order chi connectivity index (χ0) is 14.4. The minimum atomic E-state index is 0.555. The Kier molecular flexibility index (Phi) is 6.08. The van der Waals surface area contributed by atoms with E-state index in [-0.39, 0.29) is 0 Å². The van der Waals surface area contributed by atoms with Gasteiger partial charge >= 0.3 is 0 Å². The lowest BCUT2D eigenvalue weighted by Crippen LogP contribution is -2.34. The topological polar surface area (TPSA) is 29.9 Å². The minimum absolute atomic E-state index is 0.555. The van der Waals surface area contributed by atoms with Crippen LogP contribution in [0.5, 0.6) is 0 Å². The molecule has 1 aromatic rings. The molecule has 1 aromatic heterocycles. The van der Waals surface area contributed by atoms with Crippen molar-refractivity contribution in [3.63, 3.8) is 0 Å². The third kappa shape index (κ3) is 4.08. The van der Waals surface area contributed by atoms with Gasteiger partial charge in [0.15, 0.2) is 0 Å². The van der Waals surface area contributed by atoms with Crippen molar-refractivity contribution in [1.82, 2.24) is 15.1 Å². The summed E-state index contributed by atoms with van der Waals surface area (Å²) < 4.78 is 2.14. The van der Waals surface area contributed by atoms with Crippen LogP contribution in [-0.4, -0.2) is 15.8 Å². The Morgan fingerprint density at radius 1 is 1.25 bits per heavy atom. The van der Waals surface area contributed by atoms with Gasteiger partial charge in [0, 0.05) is 18.8 Å². The molecule has 1 heterocycles. The lowest BCUT2D eigenvalue weighted by atomic mass is 9.84. The van der Waals surface area contributed by atoms with Gasteiger partial charge in [0.2, 0.25) is 0 Å². The van der Waals surface area contributed by atoms with Gasteiger partial charge in [0.1, 0.15) is 0 Å². The molecular weight excluding hydrogens is 246 g/mol. The maximum Gasteiger partial charge on any atom is 0.0762 e. The van der Waals surface area contributed by atoms with E-state index in [1.807, 2.05) is 0 Å². The highest BCUT2D eigenvalue weighted by Crippen LogP contribution is 2.26. The van der Waals surface area contributed by atoms with Crippen LogP contribution in [0.2, 0.25) is 0 Å². The molecule has 1 atom stereocenters. The molecule has 0 aliphatic heterocycles. The highest BCUT2D eigenvalue weighted by Gasteiger charge is 2.19. The van der Waals surface area contributed by atoms with Gasteiger partial charge in [0.25, 0.3) is 0 Å². The molecule has 1 unspecified atom stereocenters. The summed E-state index contributed by atoms with van der Waals surface area (Å²) in [6.45, 7) is 7.72. The number of hydrogen-bond acceptors (Lipinski definition) is 2. The van der Waals surface area contributed by atoms with Gasteiger partial charge in [-0.25, -0.2) is 0 Å². The second-order valence-corrected chi connectivity index (χ2v) is 6.33. The molecule has 1 saturated carbocycles. The first-order valence-corrected chi connectivity index (χ1v) is 8.52. The van der Waals surface area contributed by atoms with Gasteiger partial charge in [-0.15, -0.1) is 0 Å². The van der Waals surface area contributed by atoms with Gasteiger partial charge in [0.05, 0.1) is 11.7 Å².